The maximum Gasteiger partial charge on any atom is 0.410 e. The van der Waals surface area contributed by atoms with Crippen LogP contribution in [0.15, 0.2) is 48.5 Å². The molecule has 1 saturated carbocycles. The third kappa shape index (κ3) is 7.59. The molecule has 0 aromatic heterocycles. The van der Waals surface area contributed by atoms with Gasteiger partial charge >= 0.3 is 6.09 Å². The molecule has 1 aliphatic carbocycles. The highest BCUT2D eigenvalue weighted by molar-refractivity contribution is 6.02. The van der Waals surface area contributed by atoms with E-state index in [9.17, 15) is 18.8 Å². The predicted molar refractivity (Wildman–Crippen MR) is 152 cm³/mol. The Morgan fingerprint density at radius 3 is 2.35 bits per heavy atom. The molecule has 9 heteroatoms. The van der Waals surface area contributed by atoms with E-state index >= 15 is 0 Å². The molecule has 40 heavy (non-hydrogen) atoms. The largest absolute Gasteiger partial charge is 0.447 e. The summed E-state index contributed by atoms with van der Waals surface area (Å²) in [4.78, 5) is 45.4. The molecule has 1 unspecified atom stereocenters. The quantitative estimate of drug-likeness (QED) is 0.508. The second kappa shape index (κ2) is 13.7. The summed E-state index contributed by atoms with van der Waals surface area (Å²) in [6.45, 7) is 7.40. The number of carbonyl (C=O) groups excluding carboxylic acids is 3. The standard InChI is InChI=1S/C31H41FN4O4/c1-22(2)40-31(39)35-18-16-34(17-19-35)21-28(37)36(26-14-9-11-24(32)20-26)29(27-15-8-7-10-23(27)3)30(38)33-25-12-5-4-6-13-25/h7-11,14-15,20,22,25,29H,4-6,12-13,16-19,21H2,1-3H3,(H,33,38). The highest BCUT2D eigenvalue weighted by Gasteiger charge is 2.36. The molecule has 0 bridgehead atoms. The van der Waals surface area contributed by atoms with Gasteiger partial charge in [-0.05, 0) is 62.9 Å². The first-order chi connectivity index (χ1) is 19.2. The smallest absolute Gasteiger partial charge is 0.410 e. The summed E-state index contributed by atoms with van der Waals surface area (Å²) in [6.07, 6.45) is 4.52. The molecule has 0 radical (unpaired) electrons. The molecule has 216 valence electrons. The summed E-state index contributed by atoms with van der Waals surface area (Å²) < 4.78 is 19.8. The number of rotatable bonds is 8. The topological polar surface area (TPSA) is 82.2 Å². The molecular formula is C31H41FN4O4. The van der Waals surface area contributed by atoms with Crippen LogP contribution in [-0.2, 0) is 14.3 Å². The van der Waals surface area contributed by atoms with Crippen LogP contribution in [0.1, 0.15) is 63.1 Å². The van der Waals surface area contributed by atoms with E-state index < -0.39 is 11.9 Å². The van der Waals surface area contributed by atoms with E-state index in [1.807, 2.05) is 49.9 Å². The maximum absolute atomic E-state index is 14.5. The number of aryl methyl sites for hydroxylation is 1. The van der Waals surface area contributed by atoms with Crippen LogP contribution in [0.5, 0.6) is 0 Å². The van der Waals surface area contributed by atoms with E-state index in [-0.39, 0.29) is 36.6 Å². The fourth-order valence-electron chi connectivity index (χ4n) is 5.51. The van der Waals surface area contributed by atoms with E-state index in [4.69, 9.17) is 4.74 Å². The molecule has 1 atom stereocenters. The fourth-order valence-corrected chi connectivity index (χ4v) is 5.51. The van der Waals surface area contributed by atoms with Gasteiger partial charge in [-0.1, -0.05) is 49.6 Å². The predicted octanol–water partition coefficient (Wildman–Crippen LogP) is 4.82. The van der Waals surface area contributed by atoms with Crippen LogP contribution < -0.4 is 10.2 Å². The fraction of sp³-hybridized carbons (Fsp3) is 0.516. The van der Waals surface area contributed by atoms with Gasteiger partial charge in [0.2, 0.25) is 11.8 Å². The van der Waals surface area contributed by atoms with Gasteiger partial charge in [0.05, 0.1) is 12.6 Å². The summed E-state index contributed by atoms with van der Waals surface area (Å²) >= 11 is 0. The van der Waals surface area contributed by atoms with Gasteiger partial charge in [-0.15, -0.1) is 0 Å². The minimum absolute atomic E-state index is 0.0304. The van der Waals surface area contributed by atoms with Gasteiger partial charge in [0.15, 0.2) is 0 Å². The molecule has 8 nitrogen and oxygen atoms in total. The van der Waals surface area contributed by atoms with Crippen molar-refractivity contribution in [3.8, 4) is 0 Å². The number of halogens is 1. The van der Waals surface area contributed by atoms with E-state index in [2.05, 4.69) is 5.32 Å². The van der Waals surface area contributed by atoms with Crippen molar-refractivity contribution in [2.24, 2.45) is 0 Å². The highest BCUT2D eigenvalue weighted by Crippen LogP contribution is 2.31. The maximum atomic E-state index is 14.5. The van der Waals surface area contributed by atoms with Crippen LogP contribution in [0.4, 0.5) is 14.9 Å². The lowest BCUT2D eigenvalue weighted by Gasteiger charge is -2.37. The number of piperazine rings is 1. The van der Waals surface area contributed by atoms with Gasteiger partial charge in [0.25, 0.3) is 0 Å². The number of nitrogens with one attached hydrogen (secondary N) is 1. The first-order valence-electron chi connectivity index (χ1n) is 14.3. The van der Waals surface area contributed by atoms with Gasteiger partial charge in [-0.3, -0.25) is 19.4 Å². The minimum atomic E-state index is -0.959. The van der Waals surface area contributed by atoms with Crippen molar-refractivity contribution < 1.29 is 23.5 Å². The monoisotopic (exact) mass is 552 g/mol. The lowest BCUT2D eigenvalue weighted by Crippen LogP contribution is -2.54. The Morgan fingerprint density at radius 2 is 1.70 bits per heavy atom. The molecule has 3 amide bonds. The van der Waals surface area contributed by atoms with Crippen molar-refractivity contribution in [2.75, 3.05) is 37.6 Å². The van der Waals surface area contributed by atoms with Crippen LogP contribution in [0, 0.1) is 12.7 Å². The Kier molecular flexibility index (Phi) is 10.1. The molecule has 0 spiro atoms. The second-order valence-corrected chi connectivity index (χ2v) is 11.0. The van der Waals surface area contributed by atoms with E-state index in [0.29, 0.717) is 37.4 Å². The zero-order valence-electron chi connectivity index (χ0n) is 23.8. The van der Waals surface area contributed by atoms with Gasteiger partial charge in [-0.2, -0.15) is 0 Å². The molecule has 2 fully saturated rings. The Hall–Kier alpha value is -3.46. The third-order valence-corrected chi connectivity index (χ3v) is 7.62. The molecule has 2 aromatic carbocycles. The SMILES string of the molecule is Cc1ccccc1C(C(=O)NC1CCCCC1)N(C(=O)CN1CCN(C(=O)OC(C)C)CC1)c1cccc(F)c1. The molecule has 2 aromatic rings. The minimum Gasteiger partial charge on any atom is -0.447 e. The number of anilines is 1. The highest BCUT2D eigenvalue weighted by atomic mass is 19.1. The molecule has 1 heterocycles. The van der Waals surface area contributed by atoms with Crippen LogP contribution >= 0.6 is 0 Å². The number of nitrogens with zero attached hydrogens (tertiary/aromatic N) is 3. The number of hydrogen-bond acceptors (Lipinski definition) is 5. The van der Waals surface area contributed by atoms with Crippen molar-refractivity contribution in [2.45, 2.75) is 71.1 Å². The Balaban J connectivity index is 1.61. The summed E-state index contributed by atoms with van der Waals surface area (Å²) in [7, 11) is 0. The Morgan fingerprint density at radius 1 is 1.00 bits per heavy atom. The average Bonchev–Trinajstić information content (AvgIpc) is 2.92. The number of hydrogen-bond donors (Lipinski definition) is 1. The number of benzene rings is 2. The van der Waals surface area contributed by atoms with Crippen molar-refractivity contribution in [3.63, 3.8) is 0 Å². The van der Waals surface area contributed by atoms with E-state index in [1.54, 1.807) is 17.0 Å². The normalized spacial score (nSPS) is 17.4. The Labute approximate surface area is 236 Å². The number of amides is 3. The summed E-state index contributed by atoms with van der Waals surface area (Å²) in [5.41, 5.74) is 1.91. The van der Waals surface area contributed by atoms with Crippen molar-refractivity contribution >= 4 is 23.6 Å². The van der Waals surface area contributed by atoms with Gasteiger partial charge in [0.1, 0.15) is 11.9 Å². The Bertz CT molecular complexity index is 1180. The zero-order valence-corrected chi connectivity index (χ0v) is 23.8. The van der Waals surface area contributed by atoms with Crippen LogP contribution in [-0.4, -0.2) is 72.6 Å². The van der Waals surface area contributed by atoms with Crippen molar-refractivity contribution in [1.29, 1.82) is 0 Å². The van der Waals surface area contributed by atoms with Crippen LogP contribution in [0.25, 0.3) is 0 Å². The summed E-state index contributed by atoms with van der Waals surface area (Å²) in [6, 6.07) is 12.5. The van der Waals surface area contributed by atoms with Gasteiger partial charge < -0.3 is 15.0 Å². The van der Waals surface area contributed by atoms with Gasteiger partial charge in [-0.25, -0.2) is 9.18 Å². The van der Waals surface area contributed by atoms with Crippen LogP contribution in [0.2, 0.25) is 0 Å². The molecule has 4 rings (SSSR count). The van der Waals surface area contributed by atoms with Gasteiger partial charge in [0, 0.05) is 37.9 Å². The third-order valence-electron chi connectivity index (χ3n) is 7.62. The summed E-state index contributed by atoms with van der Waals surface area (Å²) in [5, 5.41) is 3.20. The van der Waals surface area contributed by atoms with Crippen molar-refractivity contribution in [1.82, 2.24) is 15.1 Å². The molecule has 1 aliphatic heterocycles. The molecule has 1 N–H and O–H groups in total. The number of carbonyl (C=O) groups is 3. The molecule has 1 saturated heterocycles. The molecular weight excluding hydrogens is 511 g/mol. The summed E-state index contributed by atoms with van der Waals surface area (Å²) in [5.74, 6) is -1.06. The average molecular weight is 553 g/mol. The lowest BCUT2D eigenvalue weighted by molar-refractivity contribution is -0.128. The first kappa shape index (κ1) is 29.5. The van der Waals surface area contributed by atoms with E-state index in [1.165, 1.54) is 17.0 Å². The lowest BCUT2D eigenvalue weighted by atomic mass is 9.93. The van der Waals surface area contributed by atoms with E-state index in [0.717, 1.165) is 37.7 Å². The van der Waals surface area contributed by atoms with Crippen LogP contribution in [0.3, 0.4) is 0 Å². The number of ether oxygens (including phenoxy) is 1. The molecule has 2 aliphatic rings. The zero-order chi connectivity index (χ0) is 28.6. The van der Waals surface area contributed by atoms with Crippen molar-refractivity contribution in [3.05, 3.63) is 65.5 Å². The second-order valence-electron chi connectivity index (χ2n) is 11.0. The first-order valence-corrected chi connectivity index (χ1v) is 14.3.